The van der Waals surface area contributed by atoms with E-state index in [4.69, 9.17) is 11.6 Å². The van der Waals surface area contributed by atoms with Gasteiger partial charge in [0.15, 0.2) is 6.61 Å². The van der Waals surface area contributed by atoms with E-state index in [1.165, 1.54) is 0 Å². The van der Waals surface area contributed by atoms with Gasteiger partial charge in [-0.15, -0.1) is 0 Å². The van der Waals surface area contributed by atoms with Gasteiger partial charge in [-0.25, -0.2) is 0 Å². The third-order valence-corrected chi connectivity index (χ3v) is 1.74. The molecule has 0 bridgehead atoms. The lowest BCUT2D eigenvalue weighted by Crippen LogP contribution is -2.24. The van der Waals surface area contributed by atoms with Crippen molar-refractivity contribution < 1.29 is 18.0 Å². The summed E-state index contributed by atoms with van der Waals surface area (Å²) in [6.45, 7) is -1.13. The number of hydroxylamine groups is 1. The van der Waals surface area contributed by atoms with Crippen LogP contribution in [0.3, 0.4) is 0 Å². The lowest BCUT2D eigenvalue weighted by Gasteiger charge is -2.08. The molecule has 0 aliphatic rings. The van der Waals surface area contributed by atoms with Crippen molar-refractivity contribution >= 4 is 11.6 Å². The van der Waals surface area contributed by atoms with Crippen LogP contribution in [0.4, 0.5) is 13.2 Å². The highest BCUT2D eigenvalue weighted by Gasteiger charge is 2.27. The van der Waals surface area contributed by atoms with E-state index in [2.05, 4.69) is 10.3 Å². The SMILES string of the molecule is FC(F)(F)CONCc1cccc(Cl)c1. The summed E-state index contributed by atoms with van der Waals surface area (Å²) in [4.78, 5) is 4.22. The molecule has 15 heavy (non-hydrogen) atoms. The number of hydrogen-bond acceptors (Lipinski definition) is 2. The maximum absolute atomic E-state index is 11.7. The molecule has 0 unspecified atom stereocenters. The van der Waals surface area contributed by atoms with Gasteiger partial charge in [0.1, 0.15) is 0 Å². The smallest absolute Gasteiger partial charge is 0.292 e. The summed E-state index contributed by atoms with van der Waals surface area (Å²) in [6.07, 6.45) is -4.32. The molecule has 0 spiro atoms. The van der Waals surface area contributed by atoms with Crippen LogP contribution >= 0.6 is 11.6 Å². The zero-order chi connectivity index (χ0) is 11.3. The first-order valence-corrected chi connectivity index (χ1v) is 4.51. The van der Waals surface area contributed by atoms with Gasteiger partial charge >= 0.3 is 6.18 Å². The molecule has 1 aromatic rings. The summed E-state index contributed by atoms with van der Waals surface area (Å²) in [5, 5.41) is 0.533. The summed E-state index contributed by atoms with van der Waals surface area (Å²) in [7, 11) is 0. The standard InChI is InChI=1S/C9H9ClF3NO/c10-8-3-1-2-7(4-8)5-14-15-6-9(11,12)13/h1-4,14H,5-6H2. The Balaban J connectivity index is 2.26. The minimum Gasteiger partial charge on any atom is -0.292 e. The molecule has 1 N–H and O–H groups in total. The molecular weight excluding hydrogens is 231 g/mol. The predicted molar refractivity (Wildman–Crippen MR) is 50.3 cm³/mol. The molecular formula is C9H9ClF3NO. The van der Waals surface area contributed by atoms with Crippen LogP contribution < -0.4 is 5.48 Å². The van der Waals surface area contributed by atoms with E-state index in [1.54, 1.807) is 24.3 Å². The third-order valence-electron chi connectivity index (χ3n) is 1.50. The first kappa shape index (κ1) is 12.3. The topological polar surface area (TPSA) is 21.3 Å². The maximum atomic E-state index is 11.7. The predicted octanol–water partition coefficient (Wildman–Crippen LogP) is 2.92. The fourth-order valence-electron chi connectivity index (χ4n) is 0.914. The molecule has 0 aromatic heterocycles. The van der Waals surface area contributed by atoms with E-state index in [0.717, 1.165) is 5.56 Å². The largest absolute Gasteiger partial charge is 0.413 e. The van der Waals surface area contributed by atoms with Gasteiger partial charge in [-0.05, 0) is 17.7 Å². The molecule has 0 aliphatic heterocycles. The highest BCUT2D eigenvalue weighted by Crippen LogP contribution is 2.14. The second-order valence-corrected chi connectivity index (χ2v) is 3.29. The number of halogens is 4. The van der Waals surface area contributed by atoms with Gasteiger partial charge in [-0.3, -0.25) is 4.84 Å². The average Bonchev–Trinajstić information content (AvgIpc) is 2.11. The van der Waals surface area contributed by atoms with Gasteiger partial charge in [0, 0.05) is 11.6 Å². The molecule has 1 aromatic carbocycles. The van der Waals surface area contributed by atoms with Crippen molar-refractivity contribution in [2.45, 2.75) is 12.7 Å². The van der Waals surface area contributed by atoms with Gasteiger partial charge in [-0.2, -0.15) is 18.7 Å². The number of rotatable bonds is 4. The van der Waals surface area contributed by atoms with E-state index in [0.29, 0.717) is 5.02 Å². The van der Waals surface area contributed by atoms with Crippen LogP contribution in [0.5, 0.6) is 0 Å². The molecule has 0 saturated heterocycles. The summed E-state index contributed by atoms with van der Waals surface area (Å²) < 4.78 is 35.0. The molecule has 0 saturated carbocycles. The zero-order valence-electron chi connectivity index (χ0n) is 7.64. The summed E-state index contributed by atoms with van der Waals surface area (Å²) in [6, 6.07) is 6.77. The van der Waals surface area contributed by atoms with Crippen LogP contribution in [0.15, 0.2) is 24.3 Å². The van der Waals surface area contributed by atoms with Crippen molar-refractivity contribution in [2.75, 3.05) is 6.61 Å². The number of benzene rings is 1. The summed E-state index contributed by atoms with van der Waals surface area (Å²) >= 11 is 5.68. The van der Waals surface area contributed by atoms with Crippen molar-refractivity contribution in [3.05, 3.63) is 34.9 Å². The third kappa shape index (κ3) is 5.61. The van der Waals surface area contributed by atoms with Crippen molar-refractivity contribution in [1.82, 2.24) is 5.48 Å². The summed E-state index contributed by atoms with van der Waals surface area (Å²) in [5.41, 5.74) is 2.96. The summed E-state index contributed by atoms with van der Waals surface area (Å²) in [5.74, 6) is 0. The van der Waals surface area contributed by atoms with E-state index >= 15 is 0 Å². The van der Waals surface area contributed by atoms with Crippen molar-refractivity contribution in [3.8, 4) is 0 Å². The Bertz CT molecular complexity index is 316. The van der Waals surface area contributed by atoms with Crippen LogP contribution in [-0.2, 0) is 11.4 Å². The molecule has 0 radical (unpaired) electrons. The fourth-order valence-corrected chi connectivity index (χ4v) is 1.13. The quantitative estimate of drug-likeness (QED) is 0.644. The van der Waals surface area contributed by atoms with Crippen LogP contribution in [0.2, 0.25) is 5.02 Å². The highest BCUT2D eigenvalue weighted by atomic mass is 35.5. The molecule has 1 rings (SSSR count). The molecule has 0 amide bonds. The molecule has 0 atom stereocenters. The van der Waals surface area contributed by atoms with E-state index < -0.39 is 12.8 Å². The Kier molecular flexibility index (Phi) is 4.38. The fraction of sp³-hybridized carbons (Fsp3) is 0.333. The van der Waals surface area contributed by atoms with E-state index in [9.17, 15) is 13.2 Å². The van der Waals surface area contributed by atoms with Crippen LogP contribution in [-0.4, -0.2) is 12.8 Å². The molecule has 2 nitrogen and oxygen atoms in total. The highest BCUT2D eigenvalue weighted by molar-refractivity contribution is 6.30. The molecule has 84 valence electrons. The maximum Gasteiger partial charge on any atom is 0.413 e. The second kappa shape index (κ2) is 5.34. The number of alkyl halides is 3. The Labute approximate surface area is 89.9 Å². The molecule has 0 heterocycles. The number of nitrogens with one attached hydrogen (secondary N) is 1. The van der Waals surface area contributed by atoms with Crippen molar-refractivity contribution in [2.24, 2.45) is 0 Å². The lowest BCUT2D eigenvalue weighted by molar-refractivity contribution is -0.190. The second-order valence-electron chi connectivity index (χ2n) is 2.85. The Morgan fingerprint density at radius 1 is 1.33 bits per heavy atom. The Morgan fingerprint density at radius 2 is 2.07 bits per heavy atom. The van der Waals surface area contributed by atoms with Gasteiger partial charge in [-0.1, -0.05) is 23.7 Å². The van der Waals surface area contributed by atoms with Gasteiger partial charge < -0.3 is 0 Å². The average molecular weight is 240 g/mol. The first-order valence-electron chi connectivity index (χ1n) is 4.13. The Hall–Kier alpha value is -0.780. The monoisotopic (exact) mass is 239 g/mol. The molecule has 0 aliphatic carbocycles. The van der Waals surface area contributed by atoms with Crippen LogP contribution in [0, 0.1) is 0 Å². The van der Waals surface area contributed by atoms with E-state index in [-0.39, 0.29) is 6.54 Å². The van der Waals surface area contributed by atoms with Crippen LogP contribution in [0.1, 0.15) is 5.56 Å². The normalized spacial score (nSPS) is 11.7. The van der Waals surface area contributed by atoms with Crippen LogP contribution in [0.25, 0.3) is 0 Å². The van der Waals surface area contributed by atoms with E-state index in [1.807, 2.05) is 0 Å². The minimum absolute atomic E-state index is 0.177. The molecule has 6 heteroatoms. The zero-order valence-corrected chi connectivity index (χ0v) is 8.40. The van der Waals surface area contributed by atoms with Gasteiger partial charge in [0.2, 0.25) is 0 Å². The Morgan fingerprint density at radius 3 is 2.67 bits per heavy atom. The van der Waals surface area contributed by atoms with Crippen molar-refractivity contribution in [3.63, 3.8) is 0 Å². The number of hydrogen-bond donors (Lipinski definition) is 1. The minimum atomic E-state index is -4.32. The molecule has 0 fully saturated rings. The van der Waals surface area contributed by atoms with Gasteiger partial charge in [0.25, 0.3) is 0 Å². The lowest BCUT2D eigenvalue weighted by atomic mass is 10.2. The first-order chi connectivity index (χ1) is 6.97. The van der Waals surface area contributed by atoms with Crippen molar-refractivity contribution in [1.29, 1.82) is 0 Å². The van der Waals surface area contributed by atoms with Gasteiger partial charge in [0.05, 0.1) is 0 Å².